The van der Waals surface area contributed by atoms with Crippen LogP contribution in [0.1, 0.15) is 19.8 Å². The van der Waals surface area contributed by atoms with E-state index >= 15 is 0 Å². The van der Waals surface area contributed by atoms with Crippen molar-refractivity contribution in [2.45, 2.75) is 25.8 Å². The van der Waals surface area contributed by atoms with Gasteiger partial charge in [-0.15, -0.1) is 0 Å². The van der Waals surface area contributed by atoms with E-state index in [-0.39, 0.29) is 0 Å². The Bertz CT molecular complexity index is 278. The van der Waals surface area contributed by atoms with E-state index in [1.54, 1.807) is 0 Å². The minimum Gasteiger partial charge on any atom is -0.317 e. The fourth-order valence-electron chi connectivity index (χ4n) is 2.02. The molecule has 1 rings (SSSR count). The van der Waals surface area contributed by atoms with Crippen LogP contribution < -0.4 is 10.5 Å². The monoisotopic (exact) mass is 221 g/mol. The Morgan fingerprint density at radius 3 is 2.64 bits per heavy atom. The first-order valence-corrected chi connectivity index (χ1v) is 6.44. The normalized spacial score (nSPS) is 30.5. The molecule has 0 bridgehead atoms. The van der Waals surface area contributed by atoms with Crippen molar-refractivity contribution >= 4 is 10.2 Å². The molecule has 1 fully saturated rings. The largest absolute Gasteiger partial charge is 0.317 e. The summed E-state index contributed by atoms with van der Waals surface area (Å²) >= 11 is 0. The number of hydrogen-bond acceptors (Lipinski definition) is 3. The molecule has 5 nitrogen and oxygen atoms in total. The van der Waals surface area contributed by atoms with Gasteiger partial charge in [-0.2, -0.15) is 12.7 Å². The molecule has 0 aromatic rings. The third-order valence-electron chi connectivity index (χ3n) is 2.95. The molecular weight excluding hydrogens is 202 g/mol. The minimum absolute atomic E-state index is 0.368. The highest BCUT2D eigenvalue weighted by atomic mass is 32.2. The molecule has 0 aliphatic carbocycles. The average molecular weight is 221 g/mol. The van der Waals surface area contributed by atoms with Crippen LogP contribution in [0, 0.1) is 5.92 Å². The van der Waals surface area contributed by atoms with Gasteiger partial charge in [0.15, 0.2) is 0 Å². The lowest BCUT2D eigenvalue weighted by Crippen LogP contribution is -2.51. The summed E-state index contributed by atoms with van der Waals surface area (Å²) in [4.78, 5) is 0. The molecule has 0 aromatic heterocycles. The van der Waals surface area contributed by atoms with Gasteiger partial charge in [0.25, 0.3) is 10.2 Å². The quantitative estimate of drug-likeness (QED) is 0.675. The van der Waals surface area contributed by atoms with Crippen molar-refractivity contribution in [2.75, 3.05) is 20.1 Å². The highest BCUT2D eigenvalue weighted by Crippen LogP contribution is 2.20. The predicted octanol–water partition coefficient (Wildman–Crippen LogP) is -0.490. The highest BCUT2D eigenvalue weighted by molar-refractivity contribution is 7.86. The second-order valence-corrected chi connectivity index (χ2v) is 5.30. The zero-order valence-corrected chi connectivity index (χ0v) is 9.55. The number of nitrogens with two attached hydrogens (primary N) is 1. The number of piperidine rings is 1. The van der Waals surface area contributed by atoms with Gasteiger partial charge in [-0.3, -0.25) is 0 Å². The molecule has 0 saturated carbocycles. The fraction of sp³-hybridized carbons (Fsp3) is 1.00. The van der Waals surface area contributed by atoms with E-state index in [0.717, 1.165) is 12.8 Å². The van der Waals surface area contributed by atoms with Crippen molar-refractivity contribution in [3.63, 3.8) is 0 Å². The van der Waals surface area contributed by atoms with Crippen molar-refractivity contribution in [3.8, 4) is 0 Å². The molecule has 1 saturated heterocycles. The maximum atomic E-state index is 11.1. The van der Waals surface area contributed by atoms with Crippen LogP contribution in [0.15, 0.2) is 0 Å². The van der Waals surface area contributed by atoms with Crippen LogP contribution in [0.4, 0.5) is 0 Å². The molecule has 1 aliphatic rings. The van der Waals surface area contributed by atoms with Gasteiger partial charge in [-0.05, 0) is 19.4 Å². The topological polar surface area (TPSA) is 75.4 Å². The molecule has 0 spiro atoms. The van der Waals surface area contributed by atoms with Crippen molar-refractivity contribution < 1.29 is 8.42 Å². The highest BCUT2D eigenvalue weighted by Gasteiger charge is 2.31. The summed E-state index contributed by atoms with van der Waals surface area (Å²) in [7, 11) is -1.58. The Morgan fingerprint density at radius 2 is 2.21 bits per heavy atom. The minimum atomic E-state index is -3.49. The molecule has 0 aromatic carbocycles. The molecule has 14 heavy (non-hydrogen) atoms. The third kappa shape index (κ3) is 2.66. The summed E-state index contributed by atoms with van der Waals surface area (Å²) in [5.74, 6) is 0.368. The van der Waals surface area contributed by atoms with Crippen LogP contribution in [0.2, 0.25) is 0 Å². The lowest BCUT2D eigenvalue weighted by atomic mass is 9.91. The van der Waals surface area contributed by atoms with Crippen molar-refractivity contribution in [1.29, 1.82) is 0 Å². The van der Waals surface area contributed by atoms with Crippen LogP contribution in [-0.2, 0) is 10.2 Å². The van der Waals surface area contributed by atoms with E-state index in [4.69, 9.17) is 5.14 Å². The Morgan fingerprint density at radius 1 is 1.57 bits per heavy atom. The number of nitrogens with one attached hydrogen (secondary N) is 1. The predicted molar refractivity (Wildman–Crippen MR) is 55.9 cm³/mol. The van der Waals surface area contributed by atoms with Crippen LogP contribution >= 0.6 is 0 Å². The molecule has 6 heteroatoms. The fourth-order valence-corrected chi connectivity index (χ4v) is 2.78. The maximum absolute atomic E-state index is 11.1. The summed E-state index contributed by atoms with van der Waals surface area (Å²) < 4.78 is 23.6. The van der Waals surface area contributed by atoms with E-state index in [2.05, 4.69) is 12.2 Å². The van der Waals surface area contributed by atoms with Crippen molar-refractivity contribution in [2.24, 2.45) is 11.1 Å². The molecule has 1 aliphatic heterocycles. The second-order valence-electron chi connectivity index (χ2n) is 3.76. The van der Waals surface area contributed by atoms with Gasteiger partial charge in [0.1, 0.15) is 0 Å². The second kappa shape index (κ2) is 4.57. The molecule has 2 unspecified atom stereocenters. The summed E-state index contributed by atoms with van der Waals surface area (Å²) in [5, 5.41) is 8.31. The molecule has 3 N–H and O–H groups in total. The van der Waals surface area contributed by atoms with E-state index in [9.17, 15) is 8.42 Å². The van der Waals surface area contributed by atoms with Gasteiger partial charge >= 0.3 is 0 Å². The molecule has 1 heterocycles. The van der Waals surface area contributed by atoms with Gasteiger partial charge in [0.2, 0.25) is 0 Å². The van der Waals surface area contributed by atoms with Gasteiger partial charge in [-0.25, -0.2) is 5.14 Å². The van der Waals surface area contributed by atoms with Gasteiger partial charge < -0.3 is 5.32 Å². The van der Waals surface area contributed by atoms with Gasteiger partial charge in [0, 0.05) is 19.1 Å². The SMILES string of the molecule is CCC1CN(S(N)(=O)=O)CCC1NC. The summed E-state index contributed by atoms with van der Waals surface area (Å²) in [5.41, 5.74) is 0. The van der Waals surface area contributed by atoms with E-state index in [0.29, 0.717) is 25.0 Å². The molecule has 0 radical (unpaired) electrons. The first-order valence-electron chi connectivity index (χ1n) is 4.94. The van der Waals surface area contributed by atoms with Crippen LogP contribution in [0.5, 0.6) is 0 Å². The third-order valence-corrected chi connectivity index (χ3v) is 4.00. The Balaban J connectivity index is 2.66. The van der Waals surface area contributed by atoms with Crippen LogP contribution in [-0.4, -0.2) is 38.9 Å². The Labute approximate surface area is 85.8 Å². The average Bonchev–Trinajstić information content (AvgIpc) is 2.15. The van der Waals surface area contributed by atoms with Gasteiger partial charge in [-0.1, -0.05) is 13.3 Å². The molecular formula is C8H19N3O2S. The molecule has 0 amide bonds. The first-order chi connectivity index (χ1) is 6.49. The lowest BCUT2D eigenvalue weighted by Gasteiger charge is -2.36. The standard InChI is InChI=1S/C8H19N3O2S/c1-3-7-6-11(14(9,12)13)5-4-8(7)10-2/h7-8,10H,3-6H2,1-2H3,(H2,9,12,13). The summed E-state index contributed by atoms with van der Waals surface area (Å²) in [6, 6.07) is 0.415. The van der Waals surface area contributed by atoms with E-state index in [1.165, 1.54) is 4.31 Å². The van der Waals surface area contributed by atoms with Crippen LogP contribution in [0.3, 0.4) is 0 Å². The van der Waals surface area contributed by atoms with Crippen molar-refractivity contribution in [1.82, 2.24) is 9.62 Å². The number of hydrogen-bond donors (Lipinski definition) is 2. The van der Waals surface area contributed by atoms with E-state index < -0.39 is 10.2 Å². The number of nitrogens with zero attached hydrogens (tertiary/aromatic N) is 1. The summed E-state index contributed by atoms with van der Waals surface area (Å²) in [6.07, 6.45) is 1.81. The molecule has 2 atom stereocenters. The Kier molecular flexibility index (Phi) is 3.88. The Hall–Kier alpha value is -0.170. The number of rotatable bonds is 3. The zero-order chi connectivity index (χ0) is 10.8. The summed E-state index contributed by atoms with van der Waals surface area (Å²) in [6.45, 7) is 3.14. The maximum Gasteiger partial charge on any atom is 0.276 e. The molecule has 84 valence electrons. The zero-order valence-electron chi connectivity index (χ0n) is 8.73. The van der Waals surface area contributed by atoms with E-state index in [1.807, 2.05) is 7.05 Å². The van der Waals surface area contributed by atoms with Crippen molar-refractivity contribution in [3.05, 3.63) is 0 Å². The van der Waals surface area contributed by atoms with Gasteiger partial charge in [0.05, 0.1) is 0 Å². The van der Waals surface area contributed by atoms with Crippen LogP contribution in [0.25, 0.3) is 0 Å². The smallest absolute Gasteiger partial charge is 0.276 e. The first kappa shape index (κ1) is 11.9. The lowest BCUT2D eigenvalue weighted by molar-refractivity contribution is 0.209.